The number of hydrogen-bond acceptors (Lipinski definition) is 3. The van der Waals surface area contributed by atoms with Crippen molar-refractivity contribution in [1.29, 1.82) is 0 Å². The number of halogens is 2. The van der Waals surface area contributed by atoms with E-state index in [2.05, 4.69) is 12.2 Å². The van der Waals surface area contributed by atoms with Crippen molar-refractivity contribution in [2.24, 2.45) is 0 Å². The normalized spacial score (nSPS) is 17.5. The third-order valence-corrected chi connectivity index (χ3v) is 3.01. The molecule has 1 aromatic carbocycles. The smallest absolute Gasteiger partial charge is 0.197 e. The fourth-order valence-corrected chi connectivity index (χ4v) is 2.02. The van der Waals surface area contributed by atoms with Crippen LogP contribution in [0.1, 0.15) is 26.2 Å². The molecule has 2 rings (SSSR count). The van der Waals surface area contributed by atoms with E-state index in [0.29, 0.717) is 6.54 Å². The SMILES string of the molecule is CCCCCNCC1COc2c(F)cc(F)cc2O1. The van der Waals surface area contributed by atoms with Crippen molar-refractivity contribution in [2.45, 2.75) is 32.3 Å². The molecular formula is C14H19F2NO2. The summed E-state index contributed by atoms with van der Waals surface area (Å²) in [7, 11) is 0. The Hall–Kier alpha value is -1.36. The van der Waals surface area contributed by atoms with Gasteiger partial charge in [-0.15, -0.1) is 0 Å². The predicted molar refractivity (Wildman–Crippen MR) is 68.7 cm³/mol. The van der Waals surface area contributed by atoms with Crippen LogP contribution in [-0.2, 0) is 0 Å². The van der Waals surface area contributed by atoms with Crippen LogP contribution < -0.4 is 14.8 Å². The Morgan fingerprint density at radius 3 is 2.95 bits per heavy atom. The zero-order valence-electron chi connectivity index (χ0n) is 11.0. The number of rotatable bonds is 6. The summed E-state index contributed by atoms with van der Waals surface area (Å²) >= 11 is 0. The summed E-state index contributed by atoms with van der Waals surface area (Å²) in [6.07, 6.45) is 3.27. The Labute approximate surface area is 111 Å². The number of unbranched alkanes of at least 4 members (excludes halogenated alkanes) is 2. The number of hydrogen-bond donors (Lipinski definition) is 1. The summed E-state index contributed by atoms with van der Waals surface area (Å²) in [6.45, 7) is 3.95. The van der Waals surface area contributed by atoms with Gasteiger partial charge in [0.15, 0.2) is 17.3 Å². The Bertz CT molecular complexity index is 426. The minimum atomic E-state index is -0.718. The average Bonchev–Trinajstić information content (AvgIpc) is 2.38. The molecule has 3 nitrogen and oxygen atoms in total. The van der Waals surface area contributed by atoms with E-state index in [4.69, 9.17) is 9.47 Å². The minimum Gasteiger partial charge on any atom is -0.483 e. The van der Waals surface area contributed by atoms with E-state index in [9.17, 15) is 8.78 Å². The molecule has 0 fully saturated rings. The third kappa shape index (κ3) is 3.80. The number of ether oxygens (including phenoxy) is 2. The molecule has 1 atom stereocenters. The van der Waals surface area contributed by atoms with Crippen LogP contribution in [0.25, 0.3) is 0 Å². The van der Waals surface area contributed by atoms with Crippen molar-refractivity contribution in [3.05, 3.63) is 23.8 Å². The third-order valence-electron chi connectivity index (χ3n) is 3.01. The fourth-order valence-electron chi connectivity index (χ4n) is 2.02. The van der Waals surface area contributed by atoms with Crippen LogP contribution in [0, 0.1) is 11.6 Å². The van der Waals surface area contributed by atoms with Gasteiger partial charge in [-0.05, 0) is 13.0 Å². The molecule has 0 saturated heterocycles. The summed E-state index contributed by atoms with van der Waals surface area (Å²) in [4.78, 5) is 0. The second-order valence-corrected chi connectivity index (χ2v) is 4.68. The van der Waals surface area contributed by atoms with Gasteiger partial charge in [0.1, 0.15) is 18.5 Å². The summed E-state index contributed by atoms with van der Waals surface area (Å²) in [6, 6.07) is 1.95. The molecule has 1 aliphatic heterocycles. The van der Waals surface area contributed by atoms with Gasteiger partial charge >= 0.3 is 0 Å². The molecule has 1 aromatic rings. The zero-order valence-corrected chi connectivity index (χ0v) is 11.0. The largest absolute Gasteiger partial charge is 0.483 e. The van der Waals surface area contributed by atoms with Crippen molar-refractivity contribution in [2.75, 3.05) is 19.7 Å². The van der Waals surface area contributed by atoms with E-state index in [1.54, 1.807) is 0 Å². The second-order valence-electron chi connectivity index (χ2n) is 4.68. The van der Waals surface area contributed by atoms with Gasteiger partial charge < -0.3 is 14.8 Å². The molecule has 0 saturated carbocycles. The highest BCUT2D eigenvalue weighted by Gasteiger charge is 2.24. The van der Waals surface area contributed by atoms with E-state index in [0.717, 1.165) is 25.1 Å². The van der Waals surface area contributed by atoms with Crippen molar-refractivity contribution >= 4 is 0 Å². The second kappa shape index (κ2) is 6.70. The number of fused-ring (bicyclic) bond motifs is 1. The molecular weight excluding hydrogens is 252 g/mol. The highest BCUT2D eigenvalue weighted by Crippen LogP contribution is 2.34. The molecule has 1 aliphatic rings. The fraction of sp³-hybridized carbons (Fsp3) is 0.571. The summed E-state index contributed by atoms with van der Waals surface area (Å²) < 4.78 is 37.3. The van der Waals surface area contributed by atoms with Gasteiger partial charge in [-0.1, -0.05) is 19.8 Å². The Kier molecular flexibility index (Phi) is 4.96. The van der Waals surface area contributed by atoms with Crippen LogP contribution in [0.2, 0.25) is 0 Å². The maximum atomic E-state index is 13.4. The number of nitrogens with one attached hydrogen (secondary N) is 1. The van der Waals surface area contributed by atoms with E-state index in [1.165, 1.54) is 12.8 Å². The van der Waals surface area contributed by atoms with Gasteiger partial charge in [0.05, 0.1) is 0 Å². The lowest BCUT2D eigenvalue weighted by molar-refractivity contribution is 0.0856. The van der Waals surface area contributed by atoms with Crippen LogP contribution in [-0.4, -0.2) is 25.8 Å². The first-order chi connectivity index (χ1) is 9.20. The van der Waals surface area contributed by atoms with Gasteiger partial charge in [0, 0.05) is 18.7 Å². The van der Waals surface area contributed by atoms with Crippen molar-refractivity contribution in [1.82, 2.24) is 5.32 Å². The first-order valence-corrected chi connectivity index (χ1v) is 6.70. The molecule has 0 radical (unpaired) electrons. The predicted octanol–water partition coefficient (Wildman–Crippen LogP) is 2.88. The summed E-state index contributed by atoms with van der Waals surface area (Å²) in [5.74, 6) is -1.23. The van der Waals surface area contributed by atoms with Crippen LogP contribution in [0.15, 0.2) is 12.1 Å². The Morgan fingerprint density at radius 2 is 2.16 bits per heavy atom. The molecule has 106 valence electrons. The molecule has 1 N–H and O–H groups in total. The summed E-state index contributed by atoms with van der Waals surface area (Å²) in [5.41, 5.74) is 0. The molecule has 5 heteroatoms. The number of benzene rings is 1. The van der Waals surface area contributed by atoms with Crippen molar-refractivity contribution in [3.63, 3.8) is 0 Å². The van der Waals surface area contributed by atoms with Crippen molar-refractivity contribution in [3.8, 4) is 11.5 Å². The van der Waals surface area contributed by atoms with E-state index in [-0.39, 0.29) is 24.2 Å². The molecule has 0 aliphatic carbocycles. The van der Waals surface area contributed by atoms with Gasteiger partial charge in [0.2, 0.25) is 0 Å². The van der Waals surface area contributed by atoms with Crippen LogP contribution in [0.5, 0.6) is 11.5 Å². The quantitative estimate of drug-likeness (QED) is 0.807. The first-order valence-electron chi connectivity index (χ1n) is 6.70. The molecule has 0 amide bonds. The highest BCUT2D eigenvalue weighted by atomic mass is 19.1. The standard InChI is InChI=1S/C14H19F2NO2/c1-2-3-4-5-17-8-11-9-18-14-12(16)6-10(15)7-13(14)19-11/h6-7,11,17H,2-5,8-9H2,1H3. The molecule has 19 heavy (non-hydrogen) atoms. The highest BCUT2D eigenvalue weighted by molar-refractivity contribution is 5.42. The Morgan fingerprint density at radius 1 is 1.32 bits per heavy atom. The monoisotopic (exact) mass is 271 g/mol. The van der Waals surface area contributed by atoms with Crippen LogP contribution >= 0.6 is 0 Å². The van der Waals surface area contributed by atoms with Crippen LogP contribution in [0.4, 0.5) is 8.78 Å². The molecule has 0 bridgehead atoms. The van der Waals surface area contributed by atoms with Gasteiger partial charge in [-0.25, -0.2) is 8.78 Å². The minimum absolute atomic E-state index is 0.00336. The molecule has 0 spiro atoms. The molecule has 1 heterocycles. The Balaban J connectivity index is 1.84. The zero-order chi connectivity index (χ0) is 13.7. The maximum Gasteiger partial charge on any atom is 0.197 e. The van der Waals surface area contributed by atoms with E-state index < -0.39 is 11.6 Å². The molecule has 0 aromatic heterocycles. The van der Waals surface area contributed by atoms with Gasteiger partial charge in [-0.3, -0.25) is 0 Å². The first kappa shape index (κ1) is 14.1. The van der Waals surface area contributed by atoms with Crippen LogP contribution in [0.3, 0.4) is 0 Å². The maximum absolute atomic E-state index is 13.4. The topological polar surface area (TPSA) is 30.5 Å². The molecule has 1 unspecified atom stereocenters. The van der Waals surface area contributed by atoms with E-state index >= 15 is 0 Å². The lowest BCUT2D eigenvalue weighted by Crippen LogP contribution is -2.39. The van der Waals surface area contributed by atoms with Gasteiger partial charge in [-0.2, -0.15) is 0 Å². The lowest BCUT2D eigenvalue weighted by atomic mass is 10.2. The average molecular weight is 271 g/mol. The van der Waals surface area contributed by atoms with Crippen molar-refractivity contribution < 1.29 is 18.3 Å². The van der Waals surface area contributed by atoms with E-state index in [1.807, 2.05) is 0 Å². The van der Waals surface area contributed by atoms with Gasteiger partial charge in [0.25, 0.3) is 0 Å². The summed E-state index contributed by atoms with van der Waals surface area (Å²) in [5, 5.41) is 3.26. The lowest BCUT2D eigenvalue weighted by Gasteiger charge is -2.27.